The van der Waals surface area contributed by atoms with Crippen molar-refractivity contribution in [3.63, 3.8) is 0 Å². The van der Waals surface area contributed by atoms with E-state index in [1.165, 1.54) is 0 Å². The zero-order valence-corrected chi connectivity index (χ0v) is 13.6. The minimum absolute atomic E-state index is 0.0280. The maximum atomic E-state index is 12.7. The first-order valence-electron chi connectivity index (χ1n) is 8.07. The summed E-state index contributed by atoms with van der Waals surface area (Å²) in [5.41, 5.74) is 0. The molecule has 0 radical (unpaired) electrons. The molecule has 3 heterocycles. The summed E-state index contributed by atoms with van der Waals surface area (Å²) in [4.78, 5) is 32.4. The zero-order chi connectivity index (χ0) is 16.4. The zero-order valence-electron chi connectivity index (χ0n) is 13.6. The van der Waals surface area contributed by atoms with Crippen LogP contribution in [-0.2, 0) is 14.3 Å². The average molecular weight is 321 g/mol. The van der Waals surface area contributed by atoms with E-state index in [0.717, 1.165) is 18.7 Å². The first-order chi connectivity index (χ1) is 11.1. The van der Waals surface area contributed by atoms with Crippen LogP contribution >= 0.6 is 0 Å². The Morgan fingerprint density at radius 1 is 1.43 bits per heavy atom. The highest BCUT2D eigenvalue weighted by Gasteiger charge is 2.39. The van der Waals surface area contributed by atoms with Crippen molar-refractivity contribution in [1.29, 1.82) is 0 Å². The smallest absolute Gasteiger partial charge is 0.242 e. The minimum Gasteiger partial charge on any atom is -0.380 e. The van der Waals surface area contributed by atoms with Crippen molar-refractivity contribution in [3.8, 4) is 0 Å². The van der Waals surface area contributed by atoms with E-state index < -0.39 is 0 Å². The number of carbonyl (C=O) groups is 2. The van der Waals surface area contributed by atoms with Crippen molar-refractivity contribution < 1.29 is 14.3 Å². The maximum absolute atomic E-state index is 12.7. The summed E-state index contributed by atoms with van der Waals surface area (Å²) in [6.07, 6.45) is 3.06. The lowest BCUT2D eigenvalue weighted by Gasteiger charge is -2.29. The van der Waals surface area contributed by atoms with E-state index in [4.69, 9.17) is 4.74 Å². The first-order valence-corrected chi connectivity index (χ1v) is 8.07. The van der Waals surface area contributed by atoms with Crippen LogP contribution in [-0.4, -0.2) is 69.6 Å². The number of piperidine rings is 1. The van der Waals surface area contributed by atoms with Crippen molar-refractivity contribution >= 4 is 11.8 Å². The molecule has 0 saturated carbocycles. The van der Waals surface area contributed by atoms with Crippen LogP contribution in [0.25, 0.3) is 0 Å². The number of hydrogen-bond donors (Lipinski definition) is 1. The predicted octanol–water partition coefficient (Wildman–Crippen LogP) is 0.414. The Morgan fingerprint density at radius 3 is 2.91 bits per heavy atom. The molecule has 2 fully saturated rings. The number of methoxy groups -OCH3 is 1. The van der Waals surface area contributed by atoms with Gasteiger partial charge in [0.1, 0.15) is 5.82 Å². The van der Waals surface area contributed by atoms with Gasteiger partial charge >= 0.3 is 0 Å². The Kier molecular flexibility index (Phi) is 4.61. The molecule has 8 heteroatoms. The van der Waals surface area contributed by atoms with Gasteiger partial charge in [0.15, 0.2) is 5.82 Å². The molecule has 0 bridgehead atoms. The van der Waals surface area contributed by atoms with Gasteiger partial charge in [0.2, 0.25) is 11.8 Å². The standard InChI is InChI=1S/C15H23N5O3/c1-10-16-15(18-17-10)12-7-11(23-2)8-20(12)14(22)9-19-6-4-3-5-13(19)21/h11-12H,3-9H2,1-2H3,(H,16,17,18)/t11-,12+/m1/s1. The Balaban J connectivity index is 1.72. The highest BCUT2D eigenvalue weighted by molar-refractivity contribution is 5.85. The summed E-state index contributed by atoms with van der Waals surface area (Å²) in [6, 6.07) is -0.197. The van der Waals surface area contributed by atoms with Crippen LogP contribution in [0.4, 0.5) is 0 Å². The number of ether oxygens (including phenoxy) is 1. The molecule has 2 aliphatic heterocycles. The number of nitrogens with one attached hydrogen (secondary N) is 1. The van der Waals surface area contributed by atoms with E-state index >= 15 is 0 Å². The summed E-state index contributed by atoms with van der Waals surface area (Å²) in [5.74, 6) is 1.34. The number of aryl methyl sites for hydroxylation is 1. The van der Waals surface area contributed by atoms with Gasteiger partial charge in [0.05, 0.1) is 18.7 Å². The fourth-order valence-electron chi connectivity index (χ4n) is 3.28. The molecule has 2 amide bonds. The lowest BCUT2D eigenvalue weighted by molar-refractivity contribution is -0.142. The molecule has 8 nitrogen and oxygen atoms in total. The van der Waals surface area contributed by atoms with Gasteiger partial charge < -0.3 is 14.5 Å². The normalized spacial score (nSPS) is 25.2. The third-order valence-corrected chi connectivity index (χ3v) is 4.58. The molecule has 2 saturated heterocycles. The van der Waals surface area contributed by atoms with Gasteiger partial charge in [-0.15, -0.1) is 0 Å². The molecule has 126 valence electrons. The maximum Gasteiger partial charge on any atom is 0.242 e. The van der Waals surface area contributed by atoms with Crippen LogP contribution in [0.15, 0.2) is 0 Å². The van der Waals surface area contributed by atoms with E-state index in [1.54, 1.807) is 16.9 Å². The van der Waals surface area contributed by atoms with Crippen LogP contribution in [0, 0.1) is 6.92 Å². The second-order valence-corrected chi connectivity index (χ2v) is 6.21. The first kappa shape index (κ1) is 15.9. The van der Waals surface area contributed by atoms with E-state index in [0.29, 0.717) is 31.8 Å². The summed E-state index contributed by atoms with van der Waals surface area (Å²) < 4.78 is 5.42. The Hall–Kier alpha value is -1.96. The second-order valence-electron chi connectivity index (χ2n) is 6.21. The third-order valence-electron chi connectivity index (χ3n) is 4.58. The number of rotatable bonds is 4. The summed E-state index contributed by atoms with van der Waals surface area (Å²) in [6.45, 7) is 3.14. The number of hydrogen-bond acceptors (Lipinski definition) is 5. The van der Waals surface area contributed by atoms with E-state index in [-0.39, 0.29) is 30.5 Å². The third kappa shape index (κ3) is 3.36. The fourth-order valence-corrected chi connectivity index (χ4v) is 3.28. The minimum atomic E-state index is -0.197. The van der Waals surface area contributed by atoms with Crippen LogP contribution in [0.5, 0.6) is 0 Å². The van der Waals surface area contributed by atoms with Crippen LogP contribution in [0.3, 0.4) is 0 Å². The number of nitrogens with zero attached hydrogens (tertiary/aromatic N) is 4. The predicted molar refractivity (Wildman–Crippen MR) is 81.4 cm³/mol. The van der Waals surface area contributed by atoms with Crippen LogP contribution in [0.2, 0.25) is 0 Å². The number of carbonyl (C=O) groups excluding carboxylic acids is 2. The Morgan fingerprint density at radius 2 is 2.26 bits per heavy atom. The lowest BCUT2D eigenvalue weighted by Crippen LogP contribution is -2.45. The molecule has 3 rings (SSSR count). The Bertz CT molecular complexity index is 587. The molecule has 1 N–H and O–H groups in total. The van der Waals surface area contributed by atoms with Crippen molar-refractivity contribution in [1.82, 2.24) is 25.0 Å². The SMILES string of the molecule is CO[C@@H]1C[C@@H](c2n[nH]c(C)n2)N(C(=O)CN2CCCCC2=O)C1. The van der Waals surface area contributed by atoms with Crippen molar-refractivity contribution in [2.75, 3.05) is 26.7 Å². The summed E-state index contributed by atoms with van der Waals surface area (Å²) in [7, 11) is 1.65. The topological polar surface area (TPSA) is 91.4 Å². The number of H-pyrrole nitrogens is 1. The van der Waals surface area contributed by atoms with Gasteiger partial charge in [0, 0.05) is 33.0 Å². The van der Waals surface area contributed by atoms with E-state index in [9.17, 15) is 9.59 Å². The Labute approximate surface area is 135 Å². The lowest BCUT2D eigenvalue weighted by atomic mass is 10.1. The summed E-state index contributed by atoms with van der Waals surface area (Å²) in [5, 5.41) is 7.02. The van der Waals surface area contributed by atoms with Gasteiger partial charge in [-0.05, 0) is 19.8 Å². The molecular weight excluding hydrogens is 298 g/mol. The quantitative estimate of drug-likeness (QED) is 0.867. The molecule has 23 heavy (non-hydrogen) atoms. The average Bonchev–Trinajstić information content (AvgIpc) is 3.15. The molecule has 0 aromatic carbocycles. The van der Waals surface area contributed by atoms with Gasteiger partial charge in [-0.2, -0.15) is 5.10 Å². The number of likely N-dealkylation sites (tertiary alicyclic amines) is 2. The summed E-state index contributed by atoms with van der Waals surface area (Å²) >= 11 is 0. The number of amides is 2. The highest BCUT2D eigenvalue weighted by atomic mass is 16.5. The molecule has 0 aliphatic carbocycles. The van der Waals surface area contributed by atoms with Gasteiger partial charge in [-0.3, -0.25) is 14.7 Å². The number of aromatic nitrogens is 3. The van der Waals surface area contributed by atoms with Crippen molar-refractivity contribution in [2.45, 2.75) is 44.8 Å². The van der Waals surface area contributed by atoms with Gasteiger partial charge in [0.25, 0.3) is 0 Å². The van der Waals surface area contributed by atoms with Crippen LogP contribution < -0.4 is 0 Å². The van der Waals surface area contributed by atoms with Gasteiger partial charge in [-0.1, -0.05) is 0 Å². The molecule has 1 aromatic rings. The molecule has 1 aromatic heterocycles. The molecule has 0 unspecified atom stereocenters. The van der Waals surface area contributed by atoms with Crippen molar-refractivity contribution in [2.24, 2.45) is 0 Å². The largest absolute Gasteiger partial charge is 0.380 e. The molecule has 0 spiro atoms. The second kappa shape index (κ2) is 6.66. The van der Waals surface area contributed by atoms with Gasteiger partial charge in [-0.25, -0.2) is 4.98 Å². The number of aromatic amines is 1. The fraction of sp³-hybridized carbons (Fsp3) is 0.733. The highest BCUT2D eigenvalue weighted by Crippen LogP contribution is 2.31. The molecule has 2 atom stereocenters. The van der Waals surface area contributed by atoms with E-state index in [1.807, 2.05) is 6.92 Å². The monoisotopic (exact) mass is 321 g/mol. The van der Waals surface area contributed by atoms with Crippen molar-refractivity contribution in [3.05, 3.63) is 11.6 Å². The molecular formula is C15H23N5O3. The van der Waals surface area contributed by atoms with Crippen LogP contribution in [0.1, 0.15) is 43.4 Å². The molecule has 2 aliphatic rings. The van der Waals surface area contributed by atoms with E-state index in [2.05, 4.69) is 15.2 Å².